The van der Waals surface area contributed by atoms with Crippen LogP contribution in [0.2, 0.25) is 0 Å². The van der Waals surface area contributed by atoms with Gasteiger partial charge in [-0.15, -0.1) is 0 Å². The molecule has 2 amide bonds. The minimum atomic E-state index is -0.236. The highest BCUT2D eigenvalue weighted by atomic mass is 16.2. The number of piperidine rings is 1. The van der Waals surface area contributed by atoms with Gasteiger partial charge < -0.3 is 20.4 Å². The lowest BCUT2D eigenvalue weighted by Gasteiger charge is -2.31. The number of likely N-dealkylation sites (tertiary alicyclic amines) is 1. The van der Waals surface area contributed by atoms with Gasteiger partial charge >= 0.3 is 0 Å². The summed E-state index contributed by atoms with van der Waals surface area (Å²) in [7, 11) is 0. The normalized spacial score (nSPS) is 21.2. The summed E-state index contributed by atoms with van der Waals surface area (Å²) in [6.45, 7) is 7.33. The van der Waals surface area contributed by atoms with Crippen molar-refractivity contribution in [2.45, 2.75) is 63.5 Å². The van der Waals surface area contributed by atoms with Crippen molar-refractivity contribution in [1.82, 2.24) is 20.4 Å². The van der Waals surface area contributed by atoms with E-state index in [2.05, 4.69) is 57.7 Å². The van der Waals surface area contributed by atoms with Crippen LogP contribution in [0, 0.1) is 0 Å². The quantitative estimate of drug-likeness (QED) is 0.371. The van der Waals surface area contributed by atoms with E-state index in [0.717, 1.165) is 56.2 Å². The third kappa shape index (κ3) is 7.29. The van der Waals surface area contributed by atoms with Crippen LogP contribution < -0.4 is 10.6 Å². The molecule has 3 aromatic rings. The first-order chi connectivity index (χ1) is 19.6. The maximum atomic E-state index is 13.9. The van der Waals surface area contributed by atoms with Gasteiger partial charge in [-0.05, 0) is 73.7 Å². The van der Waals surface area contributed by atoms with Gasteiger partial charge in [-0.3, -0.25) is 9.59 Å². The van der Waals surface area contributed by atoms with Crippen molar-refractivity contribution in [3.63, 3.8) is 0 Å². The predicted octanol–water partition coefficient (Wildman–Crippen LogP) is 5.20. The molecule has 5 rings (SSSR count). The second kappa shape index (κ2) is 13.9. The highest BCUT2D eigenvalue weighted by Gasteiger charge is 2.32. The van der Waals surface area contributed by atoms with Crippen LogP contribution in [-0.4, -0.2) is 73.0 Å². The van der Waals surface area contributed by atoms with Gasteiger partial charge in [0, 0.05) is 43.7 Å². The minimum Gasteiger partial charge on any atom is -0.350 e. The number of nitrogens with one attached hydrogen (secondary N) is 2. The van der Waals surface area contributed by atoms with Crippen molar-refractivity contribution in [1.29, 1.82) is 0 Å². The molecule has 0 unspecified atom stereocenters. The van der Waals surface area contributed by atoms with Crippen LogP contribution in [0.25, 0.3) is 10.8 Å². The summed E-state index contributed by atoms with van der Waals surface area (Å²) in [6, 6.07) is 24.3. The van der Waals surface area contributed by atoms with Gasteiger partial charge in [0.2, 0.25) is 5.91 Å². The van der Waals surface area contributed by atoms with Gasteiger partial charge in [0.1, 0.15) is 0 Å². The average Bonchev–Trinajstić information content (AvgIpc) is 3.16. The first-order valence-electron chi connectivity index (χ1n) is 15.2. The van der Waals surface area contributed by atoms with Crippen LogP contribution in [0.15, 0.2) is 72.8 Å². The number of nitrogens with zero attached hydrogens (tertiary/aromatic N) is 2. The van der Waals surface area contributed by atoms with Crippen molar-refractivity contribution in [3.05, 3.63) is 83.9 Å². The fourth-order valence-electron chi connectivity index (χ4n) is 6.24. The zero-order valence-corrected chi connectivity index (χ0v) is 23.9. The van der Waals surface area contributed by atoms with Crippen molar-refractivity contribution >= 4 is 22.6 Å². The monoisotopic (exact) mass is 540 g/mol. The van der Waals surface area contributed by atoms with Crippen molar-refractivity contribution < 1.29 is 9.59 Å². The number of benzene rings is 3. The first kappa shape index (κ1) is 28.3. The first-order valence-corrected chi connectivity index (χ1v) is 15.2. The Morgan fingerprint density at radius 2 is 1.70 bits per heavy atom. The SMILES string of the molecule is CC[C@H](CN1CC[C@H](CNC(=O)c2ccc3ccccc3c2)N[C@H](CCN2CCCCC2)C1=O)c1ccccc1. The molecule has 3 aromatic carbocycles. The second-order valence-corrected chi connectivity index (χ2v) is 11.5. The number of rotatable bonds is 10. The average molecular weight is 541 g/mol. The van der Waals surface area contributed by atoms with Crippen LogP contribution in [0.3, 0.4) is 0 Å². The smallest absolute Gasteiger partial charge is 0.251 e. The van der Waals surface area contributed by atoms with Crippen LogP contribution in [0.1, 0.15) is 67.3 Å². The molecule has 40 heavy (non-hydrogen) atoms. The van der Waals surface area contributed by atoms with Gasteiger partial charge in [0.25, 0.3) is 5.91 Å². The Morgan fingerprint density at radius 1 is 0.950 bits per heavy atom. The molecule has 6 heteroatoms. The zero-order chi connectivity index (χ0) is 27.7. The largest absolute Gasteiger partial charge is 0.350 e. The third-order valence-electron chi connectivity index (χ3n) is 8.70. The summed E-state index contributed by atoms with van der Waals surface area (Å²) in [5, 5.41) is 9.01. The van der Waals surface area contributed by atoms with Gasteiger partial charge in [-0.25, -0.2) is 0 Å². The van der Waals surface area contributed by atoms with Crippen LogP contribution in [0.5, 0.6) is 0 Å². The maximum Gasteiger partial charge on any atom is 0.251 e. The maximum absolute atomic E-state index is 13.9. The summed E-state index contributed by atoms with van der Waals surface area (Å²) in [6.07, 6.45) is 6.40. The third-order valence-corrected chi connectivity index (χ3v) is 8.70. The summed E-state index contributed by atoms with van der Waals surface area (Å²) < 4.78 is 0. The molecule has 0 radical (unpaired) electrons. The Labute approximate surface area is 239 Å². The molecule has 212 valence electrons. The van der Waals surface area contributed by atoms with E-state index >= 15 is 0 Å². The molecule has 2 fully saturated rings. The number of carbonyl (C=O) groups excluding carboxylic acids is 2. The molecule has 0 spiro atoms. The molecular weight excluding hydrogens is 496 g/mol. The van der Waals surface area contributed by atoms with E-state index in [0.29, 0.717) is 24.6 Å². The van der Waals surface area contributed by atoms with Crippen LogP contribution >= 0.6 is 0 Å². The standard InChI is InChI=1S/C34H44N4O2/c1-2-26(27-11-5-3-6-12-27)25-38-22-17-31(36-32(34(38)40)18-21-37-19-9-4-10-20-37)24-35-33(39)30-16-15-28-13-7-8-14-29(28)23-30/h3,5-8,11-16,23,26,31-32,36H,2,4,9-10,17-22,24-25H2,1H3,(H,35,39)/t26-,31-,32-/m1/s1. The van der Waals surface area contributed by atoms with Gasteiger partial charge in [0.05, 0.1) is 6.04 Å². The van der Waals surface area contributed by atoms with Gasteiger partial charge in [0.15, 0.2) is 0 Å². The molecule has 2 heterocycles. The highest BCUT2D eigenvalue weighted by Crippen LogP contribution is 2.23. The van der Waals surface area contributed by atoms with E-state index in [1.54, 1.807) is 0 Å². The molecule has 2 aliphatic heterocycles. The van der Waals surface area contributed by atoms with Crippen LogP contribution in [-0.2, 0) is 4.79 Å². The Kier molecular flexibility index (Phi) is 9.85. The van der Waals surface area contributed by atoms with Gasteiger partial charge in [-0.1, -0.05) is 74.0 Å². The lowest BCUT2D eigenvalue weighted by Crippen LogP contribution is -2.50. The molecular formula is C34H44N4O2. The number of hydrogen-bond donors (Lipinski definition) is 2. The molecule has 0 aromatic heterocycles. The topological polar surface area (TPSA) is 64.7 Å². The molecule has 2 N–H and O–H groups in total. The minimum absolute atomic E-state index is 0.0431. The second-order valence-electron chi connectivity index (χ2n) is 11.5. The van der Waals surface area contributed by atoms with E-state index in [-0.39, 0.29) is 23.9 Å². The molecule has 0 bridgehead atoms. The molecule has 2 saturated heterocycles. The van der Waals surface area contributed by atoms with Crippen molar-refractivity contribution in [3.8, 4) is 0 Å². The van der Waals surface area contributed by atoms with E-state index in [1.807, 2.05) is 42.5 Å². The summed E-state index contributed by atoms with van der Waals surface area (Å²) in [5.41, 5.74) is 1.96. The van der Waals surface area contributed by atoms with Crippen molar-refractivity contribution in [2.75, 3.05) is 39.3 Å². The lowest BCUT2D eigenvalue weighted by molar-refractivity contribution is -0.133. The van der Waals surface area contributed by atoms with Crippen LogP contribution in [0.4, 0.5) is 0 Å². The van der Waals surface area contributed by atoms with Crippen molar-refractivity contribution in [2.24, 2.45) is 0 Å². The molecule has 0 saturated carbocycles. The Bertz CT molecular complexity index is 1260. The van der Waals surface area contributed by atoms with E-state index in [1.165, 1.54) is 24.8 Å². The molecule has 6 nitrogen and oxygen atoms in total. The lowest BCUT2D eigenvalue weighted by atomic mass is 9.95. The van der Waals surface area contributed by atoms with E-state index in [4.69, 9.17) is 0 Å². The predicted molar refractivity (Wildman–Crippen MR) is 163 cm³/mol. The Balaban J connectivity index is 1.25. The Hall–Kier alpha value is -3.22. The molecule has 0 aliphatic carbocycles. The highest BCUT2D eigenvalue weighted by molar-refractivity contribution is 5.98. The molecule has 2 aliphatic rings. The van der Waals surface area contributed by atoms with E-state index < -0.39 is 0 Å². The number of hydrogen-bond acceptors (Lipinski definition) is 4. The fourth-order valence-corrected chi connectivity index (χ4v) is 6.24. The summed E-state index contributed by atoms with van der Waals surface area (Å²) >= 11 is 0. The number of amides is 2. The number of carbonyl (C=O) groups is 2. The Morgan fingerprint density at radius 3 is 2.48 bits per heavy atom. The summed E-state index contributed by atoms with van der Waals surface area (Å²) in [4.78, 5) is 31.6. The fraction of sp³-hybridized carbons (Fsp3) is 0.471. The summed E-state index contributed by atoms with van der Waals surface area (Å²) in [5.74, 6) is 0.451. The van der Waals surface area contributed by atoms with E-state index in [9.17, 15) is 9.59 Å². The van der Waals surface area contributed by atoms with Gasteiger partial charge in [-0.2, -0.15) is 0 Å². The number of fused-ring (bicyclic) bond motifs is 1. The molecule has 3 atom stereocenters. The zero-order valence-electron chi connectivity index (χ0n) is 23.9.